The maximum absolute atomic E-state index is 10.1. The van der Waals surface area contributed by atoms with Crippen molar-refractivity contribution in [3.63, 3.8) is 0 Å². The van der Waals surface area contributed by atoms with Gasteiger partial charge in [-0.3, -0.25) is 0 Å². The number of carboxylic acids is 2. The number of rotatable bonds is 12. The number of carboxylic acid groups (broad SMARTS) is 2. The largest absolute Gasteiger partial charge is 2.00 e. The monoisotopic (exact) mass is 474 g/mol. The molecule has 12 N–H and O–H groups in total. The molecule has 0 heterocycles. The van der Waals surface area contributed by atoms with Crippen LogP contribution < -0.4 is 10.2 Å². The third kappa shape index (κ3) is 11.6. The zero-order valence-corrected chi connectivity index (χ0v) is 17.3. The van der Waals surface area contributed by atoms with Gasteiger partial charge in [-0.15, -0.1) is 0 Å². The third-order valence-corrected chi connectivity index (χ3v) is 3.69. The molecule has 0 radical (unpaired) electrons. The van der Waals surface area contributed by atoms with Gasteiger partial charge in [0.2, 0.25) is 0 Å². The van der Waals surface area contributed by atoms with Crippen molar-refractivity contribution in [1.82, 2.24) is 0 Å². The summed E-state index contributed by atoms with van der Waals surface area (Å²) in [6.07, 6.45) is -21.0. The van der Waals surface area contributed by atoms with Gasteiger partial charge in [0.15, 0.2) is 0 Å². The number of carbonyl (C=O) groups excluding carboxylic acids is 2. The molecule has 0 fully saturated rings. The molecule has 180 valence electrons. The van der Waals surface area contributed by atoms with E-state index in [0.717, 1.165) is 0 Å². The van der Waals surface area contributed by atoms with Gasteiger partial charge in [-0.25, -0.2) is 0 Å². The molecule has 0 rings (SSSR count). The first kappa shape index (κ1) is 34.8. The van der Waals surface area contributed by atoms with E-state index in [0.29, 0.717) is 0 Å². The molecule has 0 aliphatic rings. The van der Waals surface area contributed by atoms with Crippen LogP contribution in [0.25, 0.3) is 0 Å². The Hall–Kier alpha value is -0.774. The Bertz CT molecular complexity index is 465. The van der Waals surface area contributed by atoms with Crippen LogP contribution in [0.3, 0.4) is 0 Å². The molecule has 0 saturated carbocycles. The molecule has 0 aromatic carbocycles. The predicted octanol–water partition coefficient (Wildman–Crippen LogP) is -11.3. The van der Waals surface area contributed by atoms with E-state index in [-0.39, 0.29) is 23.1 Å². The summed E-state index contributed by atoms with van der Waals surface area (Å²) < 4.78 is 0. The van der Waals surface area contributed by atoms with E-state index in [4.69, 9.17) is 61.3 Å². The summed E-state index contributed by atoms with van der Waals surface area (Å²) in [5.74, 6) is -4.07. The first-order valence-electron chi connectivity index (χ1n) is 8.09. The normalized spacial score (nSPS) is 20.8. The molecule has 0 unspecified atom stereocenters. The van der Waals surface area contributed by atoms with Crippen molar-refractivity contribution in [2.24, 2.45) is 0 Å². The summed E-state index contributed by atoms with van der Waals surface area (Å²) >= 11 is 0. The van der Waals surface area contributed by atoms with Crippen LogP contribution in [-0.4, -0.2) is 171 Å². The second-order valence-corrected chi connectivity index (χ2v) is 5.97. The van der Waals surface area contributed by atoms with Crippen molar-refractivity contribution in [1.29, 1.82) is 0 Å². The van der Waals surface area contributed by atoms with E-state index >= 15 is 0 Å². The minimum Gasteiger partial charge on any atom is -0.547 e. The van der Waals surface area contributed by atoms with E-state index in [1.165, 1.54) is 0 Å². The van der Waals surface area contributed by atoms with Crippen LogP contribution in [0.1, 0.15) is 0 Å². The second kappa shape index (κ2) is 16.8. The average Bonchev–Trinajstić information content (AvgIpc) is 2.73. The van der Waals surface area contributed by atoms with Crippen molar-refractivity contribution >= 4 is 35.0 Å². The molecule has 0 aromatic heterocycles. The molecule has 0 aliphatic heterocycles. The van der Waals surface area contributed by atoms with Gasteiger partial charge in [0.05, 0.1) is 25.2 Å². The van der Waals surface area contributed by atoms with Crippen LogP contribution in [0.5, 0.6) is 0 Å². The quantitative estimate of drug-likeness (QED) is 0.117. The number of aliphatic carboxylic acids is 2. The number of aliphatic hydroxyl groups excluding tert-OH is 12. The minimum atomic E-state index is -2.40. The summed E-state index contributed by atoms with van der Waals surface area (Å²) in [6.45, 7) is -1.79. The van der Waals surface area contributed by atoms with Gasteiger partial charge in [-0.1, -0.05) is 0 Å². The standard InChI is InChI=1S/2C7H14O8.Mg/c2*8-1-2(9)3(10)4(11)5(12)6(13)7(14)15;/h2*2-6,8-13H,1H2,(H,14,15);/q;;+2/p-2/t2*2-,3-,4+,5-,6-;/m00./s1. The maximum atomic E-state index is 10.1. The molecule has 0 spiro atoms. The molecule has 16 nitrogen and oxygen atoms in total. The molecule has 31 heavy (non-hydrogen) atoms. The first-order valence-corrected chi connectivity index (χ1v) is 8.09. The van der Waals surface area contributed by atoms with E-state index in [9.17, 15) is 19.8 Å². The summed E-state index contributed by atoms with van der Waals surface area (Å²) in [4.78, 5) is 20.2. The van der Waals surface area contributed by atoms with Gasteiger partial charge in [0, 0.05) is 0 Å². The van der Waals surface area contributed by atoms with Crippen molar-refractivity contribution < 1.29 is 81.1 Å². The van der Waals surface area contributed by atoms with Gasteiger partial charge in [0.25, 0.3) is 0 Å². The Balaban J connectivity index is -0.000000490. The molecular weight excluding hydrogens is 448 g/mol. The summed E-state index contributed by atoms with van der Waals surface area (Å²) in [7, 11) is 0. The van der Waals surface area contributed by atoms with Gasteiger partial charge in [-0.05, 0) is 0 Å². The molecule has 0 amide bonds. The zero-order valence-electron chi connectivity index (χ0n) is 15.9. The van der Waals surface area contributed by atoms with Gasteiger partial charge in [-0.2, -0.15) is 0 Å². The fourth-order valence-electron chi connectivity index (χ4n) is 1.73. The van der Waals surface area contributed by atoms with Crippen LogP contribution in [0.2, 0.25) is 0 Å². The van der Waals surface area contributed by atoms with Crippen molar-refractivity contribution in [2.45, 2.75) is 61.0 Å². The Morgan fingerprint density at radius 3 is 0.903 bits per heavy atom. The molecule has 17 heteroatoms. The van der Waals surface area contributed by atoms with E-state index in [1.54, 1.807) is 0 Å². The third-order valence-electron chi connectivity index (χ3n) is 3.69. The second-order valence-electron chi connectivity index (χ2n) is 5.97. The predicted molar refractivity (Wildman–Crippen MR) is 90.0 cm³/mol. The fraction of sp³-hybridized carbons (Fsp3) is 0.857. The number of hydrogen-bond donors (Lipinski definition) is 12. The van der Waals surface area contributed by atoms with E-state index in [1.807, 2.05) is 0 Å². The first-order chi connectivity index (χ1) is 13.6. The van der Waals surface area contributed by atoms with Crippen LogP contribution in [0.15, 0.2) is 0 Å². The maximum Gasteiger partial charge on any atom is 2.00 e. The smallest absolute Gasteiger partial charge is 0.547 e. The van der Waals surface area contributed by atoms with Crippen LogP contribution >= 0.6 is 0 Å². The summed E-state index contributed by atoms with van der Waals surface area (Å²) in [5, 5.41) is 126. The molecule has 10 atom stereocenters. The summed E-state index contributed by atoms with van der Waals surface area (Å²) in [5.41, 5.74) is 0. The fourth-order valence-corrected chi connectivity index (χ4v) is 1.73. The van der Waals surface area contributed by atoms with Crippen molar-refractivity contribution in [2.75, 3.05) is 13.2 Å². The number of aliphatic hydroxyl groups is 12. The van der Waals surface area contributed by atoms with Gasteiger partial charge in [0.1, 0.15) is 61.0 Å². The summed E-state index contributed by atoms with van der Waals surface area (Å²) in [6, 6.07) is 0. The number of carbonyl (C=O) groups is 2. The zero-order chi connectivity index (χ0) is 24.3. The van der Waals surface area contributed by atoms with E-state index < -0.39 is 86.2 Å². The minimum absolute atomic E-state index is 0. The topological polar surface area (TPSA) is 323 Å². The van der Waals surface area contributed by atoms with Crippen molar-refractivity contribution in [3.05, 3.63) is 0 Å². The Kier molecular flexibility index (Phi) is 18.9. The number of hydrogen-bond acceptors (Lipinski definition) is 16. The van der Waals surface area contributed by atoms with Crippen molar-refractivity contribution in [3.8, 4) is 0 Å². The Labute approximate surface area is 190 Å². The van der Waals surface area contributed by atoms with Crippen LogP contribution in [0.4, 0.5) is 0 Å². The van der Waals surface area contributed by atoms with Gasteiger partial charge >= 0.3 is 23.1 Å². The van der Waals surface area contributed by atoms with Crippen LogP contribution in [-0.2, 0) is 9.59 Å². The Morgan fingerprint density at radius 2 is 0.742 bits per heavy atom. The van der Waals surface area contributed by atoms with Crippen LogP contribution in [0, 0.1) is 0 Å². The molecule has 0 bridgehead atoms. The van der Waals surface area contributed by atoms with E-state index in [2.05, 4.69) is 0 Å². The molecular formula is C14H26MgO16. The molecule has 0 aromatic rings. The average molecular weight is 475 g/mol. The SMILES string of the molecule is O=C([O-])[C@@H](O)[C@@H](O)[C@H](O)[C@@H](O)[C@@H](O)CO.O=C([O-])[C@@H](O)[C@@H](O)[C@H](O)[C@@H](O)[C@@H](O)CO.[Mg+2]. The van der Waals surface area contributed by atoms with Gasteiger partial charge < -0.3 is 81.1 Å². The Morgan fingerprint density at radius 1 is 0.516 bits per heavy atom. The molecule has 0 aliphatic carbocycles. The molecule has 0 saturated heterocycles.